The predicted octanol–water partition coefficient (Wildman–Crippen LogP) is 5.05. The molecule has 3 aromatic carbocycles. The zero-order chi connectivity index (χ0) is 30.5. The monoisotopic (exact) mass is 594 g/mol. The Morgan fingerprint density at radius 2 is 1.12 bits per heavy atom. The maximum atomic E-state index is 13.3. The van der Waals surface area contributed by atoms with Crippen LogP contribution in [0, 0.1) is 0 Å². The van der Waals surface area contributed by atoms with E-state index in [1.807, 2.05) is 64.1 Å². The van der Waals surface area contributed by atoms with Crippen LogP contribution in [-0.4, -0.2) is 60.8 Å². The zero-order valence-corrected chi connectivity index (χ0v) is 27.1. The van der Waals surface area contributed by atoms with Gasteiger partial charge >= 0.3 is 252 Å². The Morgan fingerprint density at radius 1 is 0.762 bits per heavy atom. The van der Waals surface area contributed by atoms with E-state index in [9.17, 15) is 10.0 Å². The third-order valence-electron chi connectivity index (χ3n) is 8.71. The van der Waals surface area contributed by atoms with Gasteiger partial charge in [0.25, 0.3) is 0 Å². The summed E-state index contributed by atoms with van der Waals surface area (Å²) in [5.41, 5.74) is -0.836. The second kappa shape index (κ2) is 13.0. The summed E-state index contributed by atoms with van der Waals surface area (Å²) < 4.78 is 16.5. The number of methoxy groups -OCH3 is 3. The van der Waals surface area contributed by atoms with Crippen LogP contribution >= 0.6 is 7.26 Å². The fourth-order valence-corrected chi connectivity index (χ4v) is 11.5. The van der Waals surface area contributed by atoms with E-state index in [1.54, 1.807) is 21.3 Å². The zero-order valence-electron chi connectivity index (χ0n) is 26.1. The summed E-state index contributed by atoms with van der Waals surface area (Å²) in [6, 6.07) is 25.2. The van der Waals surface area contributed by atoms with Gasteiger partial charge in [-0.25, -0.2) is 0 Å². The molecule has 0 unspecified atom stereocenters. The fourth-order valence-electron chi connectivity index (χ4n) is 6.75. The van der Waals surface area contributed by atoms with Crippen LogP contribution in [0.15, 0.2) is 72.8 Å². The molecule has 228 valence electrons. The number of carbonyl (C=O) groups excluding carboxylic acids is 1. The predicted molar refractivity (Wildman–Crippen MR) is 173 cm³/mol. The average molecular weight is 595 g/mol. The summed E-state index contributed by atoms with van der Waals surface area (Å²) in [4.78, 5) is 13.3. The van der Waals surface area contributed by atoms with Crippen molar-refractivity contribution in [1.29, 1.82) is 0 Å². The summed E-state index contributed by atoms with van der Waals surface area (Å²) in [5, 5.41) is 19.2. The van der Waals surface area contributed by atoms with E-state index >= 15 is 0 Å². The molecule has 8 heteroatoms. The number of nitrogens with one attached hydrogen (secondary N) is 1. The van der Waals surface area contributed by atoms with Crippen LogP contribution in [0.4, 0.5) is 0 Å². The molecular weight excluding hydrogens is 547 g/mol. The SMILES string of the molecule is COc1ccc([PH](CCCC(=O)NC2CC(C)(C)N(O)C(C)(C)C2)(c2ccc(OC)cc2)c2ccc(OC)cc2)cc1. The molecule has 0 saturated carbocycles. The van der Waals surface area contributed by atoms with Crippen molar-refractivity contribution in [1.82, 2.24) is 10.4 Å². The number of rotatable bonds is 11. The van der Waals surface area contributed by atoms with Gasteiger partial charge in [0.05, 0.1) is 0 Å². The summed E-state index contributed by atoms with van der Waals surface area (Å²) >= 11 is 0. The minimum atomic E-state index is -2.59. The van der Waals surface area contributed by atoms with E-state index in [2.05, 4.69) is 41.7 Å². The van der Waals surface area contributed by atoms with Gasteiger partial charge in [0.1, 0.15) is 0 Å². The van der Waals surface area contributed by atoms with Gasteiger partial charge in [0.15, 0.2) is 0 Å². The molecule has 3 aromatic rings. The first kappa shape index (κ1) is 31.8. The van der Waals surface area contributed by atoms with Gasteiger partial charge in [-0.3, -0.25) is 0 Å². The van der Waals surface area contributed by atoms with Gasteiger partial charge in [0, 0.05) is 0 Å². The van der Waals surface area contributed by atoms with E-state index < -0.39 is 18.3 Å². The van der Waals surface area contributed by atoms with Gasteiger partial charge in [-0.2, -0.15) is 0 Å². The topological polar surface area (TPSA) is 80.3 Å². The molecule has 0 aliphatic carbocycles. The van der Waals surface area contributed by atoms with Crippen molar-refractivity contribution in [2.24, 2.45) is 0 Å². The summed E-state index contributed by atoms with van der Waals surface area (Å²) in [5.74, 6) is 2.49. The Balaban J connectivity index is 1.65. The molecule has 1 aliphatic heterocycles. The molecule has 0 aromatic heterocycles. The third kappa shape index (κ3) is 6.75. The first-order valence-electron chi connectivity index (χ1n) is 14.7. The average Bonchev–Trinajstić information content (AvgIpc) is 2.98. The Hall–Kier alpha value is -3.12. The van der Waals surface area contributed by atoms with E-state index in [0.717, 1.165) is 29.8 Å². The van der Waals surface area contributed by atoms with Crippen molar-refractivity contribution in [2.45, 2.75) is 70.5 Å². The number of hydrogen-bond donors (Lipinski definition) is 2. The van der Waals surface area contributed by atoms with Crippen LogP contribution in [-0.2, 0) is 4.79 Å². The summed E-state index contributed by atoms with van der Waals surface area (Å²) in [6.07, 6.45) is 3.39. The normalized spacial score (nSPS) is 17.3. The summed E-state index contributed by atoms with van der Waals surface area (Å²) in [7, 11) is 2.44. The van der Waals surface area contributed by atoms with Crippen LogP contribution in [0.1, 0.15) is 53.4 Å². The number of piperidine rings is 1. The van der Waals surface area contributed by atoms with E-state index in [1.165, 1.54) is 21.0 Å². The first-order valence-corrected chi connectivity index (χ1v) is 16.9. The molecule has 1 saturated heterocycles. The second-order valence-electron chi connectivity index (χ2n) is 12.6. The number of hydroxylamine groups is 2. The van der Waals surface area contributed by atoms with Crippen molar-refractivity contribution in [3.05, 3.63) is 72.8 Å². The molecule has 42 heavy (non-hydrogen) atoms. The molecule has 0 radical (unpaired) electrons. The number of amides is 1. The minimum absolute atomic E-state index is 0.0117. The van der Waals surface area contributed by atoms with E-state index in [4.69, 9.17) is 14.2 Å². The quantitative estimate of drug-likeness (QED) is 0.303. The van der Waals surface area contributed by atoms with Crippen LogP contribution < -0.4 is 35.4 Å². The van der Waals surface area contributed by atoms with Crippen LogP contribution in [0.5, 0.6) is 17.2 Å². The summed E-state index contributed by atoms with van der Waals surface area (Å²) in [6.45, 7) is 8.08. The number of hydrogen-bond acceptors (Lipinski definition) is 6. The molecular formula is C34H47N2O5P. The van der Waals surface area contributed by atoms with Crippen molar-refractivity contribution in [2.75, 3.05) is 27.5 Å². The molecule has 1 amide bonds. The van der Waals surface area contributed by atoms with E-state index in [0.29, 0.717) is 19.3 Å². The Morgan fingerprint density at radius 3 is 1.45 bits per heavy atom. The molecule has 0 bridgehead atoms. The number of carbonyl (C=O) groups is 1. The first-order chi connectivity index (χ1) is 19.9. The van der Waals surface area contributed by atoms with Crippen LogP contribution in [0.25, 0.3) is 0 Å². The van der Waals surface area contributed by atoms with Gasteiger partial charge < -0.3 is 0 Å². The molecule has 1 aliphatic rings. The molecule has 7 nitrogen and oxygen atoms in total. The number of ether oxygens (including phenoxy) is 3. The molecule has 2 N–H and O–H groups in total. The second-order valence-corrected chi connectivity index (χ2v) is 16.6. The van der Waals surface area contributed by atoms with Crippen LogP contribution in [0.2, 0.25) is 0 Å². The molecule has 0 spiro atoms. The molecule has 1 fully saturated rings. The maximum absolute atomic E-state index is 13.3. The third-order valence-corrected chi connectivity index (χ3v) is 13.8. The van der Waals surface area contributed by atoms with E-state index in [-0.39, 0.29) is 11.9 Å². The number of nitrogens with zero attached hydrogens (tertiary/aromatic N) is 1. The standard InChI is InChI=1S/C34H47N2O5P/c1-33(2)23-25(24-34(3,4)36(33)38)35-32(37)9-8-22-42(29-16-10-26(39-5)11-17-29,30-18-12-27(40-6)13-19-30)31-20-14-28(41-7)15-21-31/h10-21,25,38,42H,8-9,22-24H2,1-7H3,(H,35,37). The van der Waals surface area contributed by atoms with Crippen molar-refractivity contribution in [3.8, 4) is 17.2 Å². The van der Waals surface area contributed by atoms with Gasteiger partial charge in [0.2, 0.25) is 0 Å². The Bertz CT molecular complexity index is 1190. The Kier molecular flexibility index (Phi) is 9.87. The van der Waals surface area contributed by atoms with Gasteiger partial charge in [-0.1, -0.05) is 0 Å². The van der Waals surface area contributed by atoms with Gasteiger partial charge in [-0.15, -0.1) is 0 Å². The van der Waals surface area contributed by atoms with Crippen molar-refractivity contribution in [3.63, 3.8) is 0 Å². The van der Waals surface area contributed by atoms with Crippen molar-refractivity contribution >= 4 is 29.1 Å². The molecule has 1 heterocycles. The van der Waals surface area contributed by atoms with Crippen LogP contribution in [0.3, 0.4) is 0 Å². The molecule has 0 atom stereocenters. The number of benzene rings is 3. The Labute approximate surface area is 251 Å². The molecule has 4 rings (SSSR count). The van der Waals surface area contributed by atoms with Crippen molar-refractivity contribution < 1.29 is 24.2 Å². The fraction of sp³-hybridized carbons (Fsp3) is 0.441. The van der Waals surface area contributed by atoms with Gasteiger partial charge in [-0.05, 0) is 0 Å².